The molecule has 2 atom stereocenters. The van der Waals surface area contributed by atoms with Gasteiger partial charge in [-0.05, 0) is 59.9 Å². The maximum absolute atomic E-state index is 13.9. The van der Waals surface area contributed by atoms with Crippen molar-refractivity contribution in [2.24, 2.45) is 0 Å². The molecular formula is C31H27N3O6. The van der Waals surface area contributed by atoms with Gasteiger partial charge in [0.1, 0.15) is 5.82 Å². The highest BCUT2D eigenvalue weighted by Crippen LogP contribution is 2.47. The number of aromatic carboxylic acids is 1. The first-order valence-electron chi connectivity index (χ1n) is 12.9. The molecule has 40 heavy (non-hydrogen) atoms. The first-order chi connectivity index (χ1) is 19.4. The average Bonchev–Trinajstić information content (AvgIpc) is 3.31. The maximum atomic E-state index is 13.9. The lowest BCUT2D eigenvalue weighted by Crippen LogP contribution is -2.32. The third-order valence-corrected chi connectivity index (χ3v) is 7.67. The predicted molar refractivity (Wildman–Crippen MR) is 149 cm³/mol. The summed E-state index contributed by atoms with van der Waals surface area (Å²) in [5.41, 5.74) is 3.83. The summed E-state index contributed by atoms with van der Waals surface area (Å²) in [4.78, 5) is 39.2. The number of hydrogen-bond donors (Lipinski definition) is 3. The largest absolute Gasteiger partial charge is 0.493 e. The summed E-state index contributed by atoms with van der Waals surface area (Å²) >= 11 is 0. The molecule has 0 saturated heterocycles. The van der Waals surface area contributed by atoms with Crippen LogP contribution in [0.15, 0.2) is 88.9 Å². The fourth-order valence-electron chi connectivity index (χ4n) is 5.75. The minimum atomic E-state index is -1.04. The molecule has 3 N–H and O–H groups in total. The third-order valence-electron chi connectivity index (χ3n) is 7.67. The molecule has 9 nitrogen and oxygen atoms in total. The lowest BCUT2D eigenvalue weighted by molar-refractivity contribution is -0.116. The normalized spacial score (nSPS) is 18.0. The Morgan fingerprint density at radius 1 is 0.900 bits per heavy atom. The van der Waals surface area contributed by atoms with Crippen LogP contribution >= 0.6 is 0 Å². The van der Waals surface area contributed by atoms with Crippen molar-refractivity contribution in [1.29, 1.82) is 0 Å². The van der Waals surface area contributed by atoms with Gasteiger partial charge in [0.05, 0.1) is 31.0 Å². The number of ether oxygens (including phenoxy) is 2. The van der Waals surface area contributed by atoms with Crippen LogP contribution in [0.3, 0.4) is 0 Å². The Labute approximate surface area is 229 Å². The number of nitrogens with one attached hydrogen (secondary N) is 2. The number of rotatable bonds is 6. The number of aromatic nitrogens is 2. The van der Waals surface area contributed by atoms with Crippen LogP contribution < -0.4 is 20.3 Å². The second-order valence-corrected chi connectivity index (χ2v) is 9.90. The van der Waals surface area contributed by atoms with E-state index in [0.717, 1.165) is 11.3 Å². The molecule has 9 heteroatoms. The molecule has 0 spiro atoms. The number of allylic oxidation sites excluding steroid dienone is 2. The number of carboxylic acids is 1. The van der Waals surface area contributed by atoms with Gasteiger partial charge in [0, 0.05) is 23.6 Å². The zero-order valence-corrected chi connectivity index (χ0v) is 21.9. The Balaban J connectivity index is 1.47. The van der Waals surface area contributed by atoms with Crippen molar-refractivity contribution in [2.45, 2.75) is 24.7 Å². The maximum Gasteiger partial charge on any atom is 0.335 e. The summed E-state index contributed by atoms with van der Waals surface area (Å²) in [7, 11) is 3.15. The summed E-state index contributed by atoms with van der Waals surface area (Å²) < 4.78 is 12.3. The van der Waals surface area contributed by atoms with Gasteiger partial charge < -0.3 is 19.9 Å². The van der Waals surface area contributed by atoms with E-state index in [-0.39, 0.29) is 29.2 Å². The fraction of sp³-hybridized carbons (Fsp3) is 0.194. The Hall–Kier alpha value is -5.05. The van der Waals surface area contributed by atoms with E-state index >= 15 is 0 Å². The second kappa shape index (κ2) is 9.92. The van der Waals surface area contributed by atoms with Crippen LogP contribution in [-0.4, -0.2) is 40.9 Å². The van der Waals surface area contributed by atoms with Gasteiger partial charge in [-0.2, -0.15) is 0 Å². The molecule has 4 aromatic rings. The van der Waals surface area contributed by atoms with E-state index in [1.807, 2.05) is 48.5 Å². The van der Waals surface area contributed by atoms with Crippen molar-refractivity contribution in [1.82, 2.24) is 9.78 Å². The van der Waals surface area contributed by atoms with Gasteiger partial charge >= 0.3 is 5.97 Å². The van der Waals surface area contributed by atoms with Crippen molar-refractivity contribution < 1.29 is 24.2 Å². The average molecular weight is 538 g/mol. The first-order valence-corrected chi connectivity index (χ1v) is 12.9. The van der Waals surface area contributed by atoms with E-state index in [2.05, 4.69) is 10.4 Å². The molecule has 1 aliphatic carbocycles. The number of nitrogens with zero attached hydrogens (tertiary/aromatic N) is 1. The molecular weight excluding hydrogens is 510 g/mol. The quantitative estimate of drug-likeness (QED) is 0.322. The van der Waals surface area contributed by atoms with E-state index in [0.29, 0.717) is 46.1 Å². The molecule has 0 amide bonds. The molecule has 3 aromatic carbocycles. The first kappa shape index (κ1) is 25.2. The monoisotopic (exact) mass is 537 g/mol. The fourth-order valence-corrected chi connectivity index (χ4v) is 5.75. The number of para-hydroxylation sites is 1. The Morgan fingerprint density at radius 3 is 2.27 bits per heavy atom. The van der Waals surface area contributed by atoms with Gasteiger partial charge in [-0.15, -0.1) is 0 Å². The van der Waals surface area contributed by atoms with Gasteiger partial charge in [-0.3, -0.25) is 14.7 Å². The summed E-state index contributed by atoms with van der Waals surface area (Å²) in [6.07, 6.45) is 0.796. The minimum absolute atomic E-state index is 0.0710. The molecule has 0 unspecified atom stereocenters. The van der Waals surface area contributed by atoms with Crippen LogP contribution in [-0.2, 0) is 4.79 Å². The van der Waals surface area contributed by atoms with E-state index in [1.165, 1.54) is 16.8 Å². The number of fused-ring (bicyclic) bond motifs is 1. The lowest BCUT2D eigenvalue weighted by atomic mass is 9.72. The van der Waals surface area contributed by atoms with E-state index in [9.17, 15) is 19.5 Å². The number of methoxy groups -OCH3 is 2. The molecule has 0 bridgehead atoms. The number of benzene rings is 3. The van der Waals surface area contributed by atoms with Crippen molar-refractivity contribution >= 4 is 17.6 Å². The van der Waals surface area contributed by atoms with Crippen LogP contribution in [0.1, 0.15) is 51.7 Å². The van der Waals surface area contributed by atoms with E-state index < -0.39 is 11.9 Å². The number of hydrogen-bond acceptors (Lipinski definition) is 6. The molecule has 6 rings (SSSR count). The van der Waals surface area contributed by atoms with Crippen LogP contribution in [0.5, 0.6) is 11.5 Å². The SMILES string of the molecule is COc1ccc([C@@H]2CC(=O)C3=C(C2)Nc2[nH]n(-c4ccccc4)c(=O)c2[C@H]3c2ccc(C(=O)O)cc2)cc1OC. The van der Waals surface area contributed by atoms with E-state index in [4.69, 9.17) is 9.47 Å². The lowest BCUT2D eigenvalue weighted by Gasteiger charge is -2.34. The van der Waals surface area contributed by atoms with Crippen molar-refractivity contribution in [3.63, 3.8) is 0 Å². The van der Waals surface area contributed by atoms with Gasteiger partial charge in [-0.25, -0.2) is 9.48 Å². The Morgan fingerprint density at radius 2 is 1.60 bits per heavy atom. The van der Waals surface area contributed by atoms with Crippen LogP contribution in [0.2, 0.25) is 0 Å². The molecule has 1 aliphatic heterocycles. The highest BCUT2D eigenvalue weighted by atomic mass is 16.5. The molecule has 1 aromatic heterocycles. The number of H-pyrrole nitrogens is 1. The van der Waals surface area contributed by atoms with Gasteiger partial charge in [-0.1, -0.05) is 36.4 Å². The molecule has 0 fully saturated rings. The van der Waals surface area contributed by atoms with Gasteiger partial charge in [0.2, 0.25) is 0 Å². The number of aromatic amines is 1. The Bertz CT molecular complexity index is 1720. The molecule has 0 radical (unpaired) electrons. The number of carboxylic acid groups (broad SMARTS) is 1. The van der Waals surface area contributed by atoms with Gasteiger partial charge in [0.15, 0.2) is 17.3 Å². The summed E-state index contributed by atoms with van der Waals surface area (Å²) in [6, 6.07) is 21.2. The molecule has 2 aliphatic rings. The van der Waals surface area contributed by atoms with Crippen molar-refractivity contribution in [3.05, 3.63) is 117 Å². The Kier molecular flexibility index (Phi) is 6.26. The molecule has 202 valence electrons. The number of carbonyl (C=O) groups is 2. The van der Waals surface area contributed by atoms with Crippen LogP contribution in [0, 0.1) is 0 Å². The molecule has 0 saturated carbocycles. The summed E-state index contributed by atoms with van der Waals surface area (Å²) in [5.74, 6) is -0.166. The molecule has 2 heterocycles. The van der Waals surface area contributed by atoms with E-state index in [1.54, 1.807) is 26.4 Å². The van der Waals surface area contributed by atoms with Crippen LogP contribution in [0.25, 0.3) is 5.69 Å². The standard InChI is InChI=1S/C31H27N3O6/c1-39-24-13-12-19(16-25(24)40-2)20-14-22-27(23(35)15-20)26(17-8-10-18(11-9-17)31(37)38)28-29(32-22)33-34(30(28)36)21-6-4-3-5-7-21/h3-13,16,20,26,32-33H,14-15H2,1-2H3,(H,37,38)/t20-,26-/m0/s1. The number of carbonyl (C=O) groups excluding carboxylic acids is 1. The zero-order chi connectivity index (χ0) is 28.0. The second-order valence-electron chi connectivity index (χ2n) is 9.90. The van der Waals surface area contributed by atoms with Crippen molar-refractivity contribution in [3.8, 4) is 17.2 Å². The number of ketones is 1. The van der Waals surface area contributed by atoms with Gasteiger partial charge in [0.25, 0.3) is 5.56 Å². The minimum Gasteiger partial charge on any atom is -0.493 e. The topological polar surface area (TPSA) is 123 Å². The predicted octanol–water partition coefficient (Wildman–Crippen LogP) is 4.84. The number of anilines is 1. The van der Waals surface area contributed by atoms with Crippen LogP contribution in [0.4, 0.5) is 5.82 Å². The summed E-state index contributed by atoms with van der Waals surface area (Å²) in [5, 5.41) is 16.0. The smallest absolute Gasteiger partial charge is 0.335 e. The zero-order valence-electron chi connectivity index (χ0n) is 21.9. The van der Waals surface area contributed by atoms with Crippen molar-refractivity contribution in [2.75, 3.05) is 19.5 Å². The third kappa shape index (κ3) is 4.16. The highest BCUT2D eigenvalue weighted by molar-refractivity contribution is 6.01. The summed E-state index contributed by atoms with van der Waals surface area (Å²) in [6.45, 7) is 0. The highest BCUT2D eigenvalue weighted by Gasteiger charge is 2.41. The number of Topliss-reactive ketones (excluding diaryl/α,β-unsaturated/α-hetero) is 1.